The molecule has 0 aliphatic carbocycles. The Kier molecular flexibility index (Phi) is 5.51. The van der Waals surface area contributed by atoms with Gasteiger partial charge in [0.15, 0.2) is 0 Å². The van der Waals surface area contributed by atoms with Gasteiger partial charge in [-0.2, -0.15) is 0 Å². The minimum Gasteiger partial charge on any atom is -0.444 e. The fraction of sp³-hybridized carbons (Fsp3) is 0.450. The number of hydrogen-bond acceptors (Lipinski definition) is 5. The maximum absolute atomic E-state index is 13.0. The van der Waals surface area contributed by atoms with Crippen molar-refractivity contribution in [3.05, 3.63) is 45.9 Å². The van der Waals surface area contributed by atoms with Crippen LogP contribution in [0.3, 0.4) is 0 Å². The fourth-order valence-electron chi connectivity index (χ4n) is 3.08. The summed E-state index contributed by atoms with van der Waals surface area (Å²) in [6, 6.07) is 7.73. The Balaban J connectivity index is 1.78. The van der Waals surface area contributed by atoms with Crippen molar-refractivity contribution in [3.8, 4) is 0 Å². The lowest BCUT2D eigenvalue weighted by Gasteiger charge is -2.25. The molecule has 0 spiro atoms. The van der Waals surface area contributed by atoms with Gasteiger partial charge in [0.25, 0.3) is 0 Å². The highest BCUT2D eigenvalue weighted by atomic mass is 32.1. The number of thiazole rings is 1. The molecule has 0 radical (unpaired) electrons. The number of fused-ring (bicyclic) bond motifs is 1. The molecular formula is C20H25N3O3S. The van der Waals surface area contributed by atoms with E-state index in [4.69, 9.17) is 4.74 Å². The molecule has 6 nitrogen and oxygen atoms in total. The molecule has 1 unspecified atom stereocenters. The third-order valence-corrected chi connectivity index (χ3v) is 5.24. The number of hydrogen-bond donors (Lipinski definition) is 1. The molecule has 1 aliphatic heterocycles. The predicted molar refractivity (Wildman–Crippen MR) is 106 cm³/mol. The summed E-state index contributed by atoms with van der Waals surface area (Å²) in [7, 11) is 0. The van der Waals surface area contributed by atoms with Crippen LogP contribution in [0.5, 0.6) is 0 Å². The average Bonchev–Trinajstić information content (AvgIpc) is 3.22. The Morgan fingerprint density at radius 1 is 1.33 bits per heavy atom. The van der Waals surface area contributed by atoms with Crippen LogP contribution in [0, 0.1) is 0 Å². The van der Waals surface area contributed by atoms with Crippen LogP contribution >= 0.6 is 11.3 Å². The van der Waals surface area contributed by atoms with Gasteiger partial charge in [0, 0.05) is 17.5 Å². The van der Waals surface area contributed by atoms with Crippen LogP contribution < -0.4 is 10.2 Å². The first-order valence-electron chi connectivity index (χ1n) is 9.09. The maximum Gasteiger partial charge on any atom is 0.408 e. The quantitative estimate of drug-likeness (QED) is 0.865. The van der Waals surface area contributed by atoms with E-state index in [1.807, 2.05) is 29.6 Å². The number of carbonyl (C=O) groups is 2. The van der Waals surface area contributed by atoms with Gasteiger partial charge in [-0.3, -0.25) is 4.79 Å². The number of nitrogens with one attached hydrogen (secondary N) is 1. The summed E-state index contributed by atoms with van der Waals surface area (Å²) >= 11 is 1.58. The maximum atomic E-state index is 13.0. The lowest BCUT2D eigenvalue weighted by molar-refractivity contribution is -0.118. The average molecular weight is 388 g/mol. The van der Waals surface area contributed by atoms with Gasteiger partial charge < -0.3 is 15.0 Å². The highest BCUT2D eigenvalue weighted by Gasteiger charge is 2.36. The SMILES string of the molecule is CCc1csc(C2Cc3ccccc3N2C(=O)CNC(=O)OC(C)(C)C)n1. The summed E-state index contributed by atoms with van der Waals surface area (Å²) in [6.45, 7) is 7.31. The molecule has 1 aliphatic rings. The molecule has 0 fully saturated rings. The number of nitrogens with zero attached hydrogens (tertiary/aromatic N) is 2. The molecular weight excluding hydrogens is 362 g/mol. The van der Waals surface area contributed by atoms with Gasteiger partial charge in [-0.25, -0.2) is 9.78 Å². The molecule has 144 valence electrons. The monoisotopic (exact) mass is 387 g/mol. The number of benzene rings is 1. The van der Waals surface area contributed by atoms with Crippen LogP contribution in [0.15, 0.2) is 29.6 Å². The van der Waals surface area contributed by atoms with Gasteiger partial charge in [-0.1, -0.05) is 25.1 Å². The van der Waals surface area contributed by atoms with E-state index in [2.05, 4.69) is 17.2 Å². The van der Waals surface area contributed by atoms with Crippen LogP contribution in [0.1, 0.15) is 50.0 Å². The van der Waals surface area contributed by atoms with E-state index in [9.17, 15) is 9.59 Å². The summed E-state index contributed by atoms with van der Waals surface area (Å²) in [4.78, 5) is 31.3. The van der Waals surface area contributed by atoms with Gasteiger partial charge in [-0.05, 0) is 38.8 Å². The Labute approximate surface area is 163 Å². The van der Waals surface area contributed by atoms with Crippen LogP contribution in [0.2, 0.25) is 0 Å². The topological polar surface area (TPSA) is 71.5 Å². The molecule has 0 bridgehead atoms. The fourth-order valence-corrected chi connectivity index (χ4v) is 4.07. The van der Waals surface area contributed by atoms with Crippen molar-refractivity contribution < 1.29 is 14.3 Å². The van der Waals surface area contributed by atoms with Gasteiger partial charge in [0.05, 0.1) is 11.7 Å². The van der Waals surface area contributed by atoms with E-state index in [-0.39, 0.29) is 18.5 Å². The van der Waals surface area contributed by atoms with E-state index >= 15 is 0 Å². The summed E-state index contributed by atoms with van der Waals surface area (Å²) in [5, 5.41) is 5.53. The van der Waals surface area contributed by atoms with Crippen LogP contribution in [0.4, 0.5) is 10.5 Å². The standard InChI is InChI=1S/C20H25N3O3S/c1-5-14-12-27-18(22-14)16-10-13-8-6-7-9-15(13)23(16)17(24)11-21-19(25)26-20(2,3)4/h6-9,12,16H,5,10-11H2,1-4H3,(H,21,25). The minimum absolute atomic E-state index is 0.119. The van der Waals surface area contributed by atoms with Crippen molar-refractivity contribution in [2.45, 2.75) is 52.2 Å². The van der Waals surface area contributed by atoms with E-state index in [0.717, 1.165) is 34.8 Å². The Morgan fingerprint density at radius 3 is 2.74 bits per heavy atom. The van der Waals surface area contributed by atoms with E-state index in [0.29, 0.717) is 0 Å². The highest BCUT2D eigenvalue weighted by Crippen LogP contribution is 2.41. The van der Waals surface area contributed by atoms with Gasteiger partial charge >= 0.3 is 6.09 Å². The molecule has 1 aromatic heterocycles. The second-order valence-electron chi connectivity index (χ2n) is 7.50. The number of anilines is 1. The van der Waals surface area contributed by atoms with Crippen molar-refractivity contribution in [3.63, 3.8) is 0 Å². The molecule has 2 aromatic rings. The van der Waals surface area contributed by atoms with E-state index < -0.39 is 11.7 Å². The van der Waals surface area contributed by atoms with Crippen molar-refractivity contribution >= 4 is 29.0 Å². The smallest absolute Gasteiger partial charge is 0.408 e. The molecule has 0 saturated heterocycles. The molecule has 3 rings (SSSR count). The second-order valence-corrected chi connectivity index (χ2v) is 8.39. The zero-order valence-corrected chi connectivity index (χ0v) is 16.9. The second kappa shape index (κ2) is 7.68. The van der Waals surface area contributed by atoms with Gasteiger partial charge in [-0.15, -0.1) is 11.3 Å². The number of ether oxygens (including phenoxy) is 1. The summed E-state index contributed by atoms with van der Waals surface area (Å²) in [5.41, 5.74) is 2.42. The van der Waals surface area contributed by atoms with Crippen molar-refractivity contribution in [1.29, 1.82) is 0 Å². The lowest BCUT2D eigenvalue weighted by atomic mass is 10.1. The first kappa shape index (κ1) is 19.4. The predicted octanol–water partition coefficient (Wildman–Crippen LogP) is 3.86. The number of alkyl carbamates (subject to hydrolysis) is 1. The first-order chi connectivity index (χ1) is 12.8. The zero-order valence-electron chi connectivity index (χ0n) is 16.1. The van der Waals surface area contributed by atoms with Gasteiger partial charge in [0.2, 0.25) is 5.91 Å². The summed E-state index contributed by atoms with van der Waals surface area (Å²) in [5.74, 6) is -0.177. The number of carbonyl (C=O) groups excluding carboxylic acids is 2. The Bertz CT molecular complexity index is 841. The number of para-hydroxylation sites is 1. The first-order valence-corrected chi connectivity index (χ1v) is 9.97. The van der Waals surface area contributed by atoms with Gasteiger partial charge in [0.1, 0.15) is 17.2 Å². The normalized spacial score (nSPS) is 16.1. The molecule has 0 saturated carbocycles. The van der Waals surface area contributed by atoms with Crippen molar-refractivity contribution in [1.82, 2.24) is 10.3 Å². The molecule has 1 N–H and O–H groups in total. The number of aromatic nitrogens is 1. The number of amides is 2. The summed E-state index contributed by atoms with van der Waals surface area (Å²) in [6.07, 6.45) is 0.998. The lowest BCUT2D eigenvalue weighted by Crippen LogP contribution is -2.42. The van der Waals surface area contributed by atoms with E-state index in [1.165, 1.54) is 0 Å². The number of aryl methyl sites for hydroxylation is 1. The van der Waals surface area contributed by atoms with Crippen molar-refractivity contribution in [2.24, 2.45) is 0 Å². The number of rotatable bonds is 4. The molecule has 2 amide bonds. The largest absolute Gasteiger partial charge is 0.444 e. The Hall–Kier alpha value is -2.41. The van der Waals surface area contributed by atoms with Crippen LogP contribution in [-0.4, -0.2) is 29.1 Å². The highest BCUT2D eigenvalue weighted by molar-refractivity contribution is 7.09. The van der Waals surface area contributed by atoms with Crippen molar-refractivity contribution in [2.75, 3.05) is 11.4 Å². The minimum atomic E-state index is -0.604. The third kappa shape index (κ3) is 4.47. The van der Waals surface area contributed by atoms with Crippen LogP contribution in [-0.2, 0) is 22.4 Å². The summed E-state index contributed by atoms with van der Waals surface area (Å²) < 4.78 is 5.22. The third-order valence-electron chi connectivity index (χ3n) is 4.24. The molecule has 1 atom stereocenters. The van der Waals surface area contributed by atoms with Crippen LogP contribution in [0.25, 0.3) is 0 Å². The molecule has 27 heavy (non-hydrogen) atoms. The Morgan fingerprint density at radius 2 is 2.07 bits per heavy atom. The molecule has 1 aromatic carbocycles. The van der Waals surface area contributed by atoms with E-state index in [1.54, 1.807) is 37.0 Å². The zero-order chi connectivity index (χ0) is 19.6. The molecule has 7 heteroatoms. The molecule has 2 heterocycles.